The van der Waals surface area contributed by atoms with E-state index in [-0.39, 0.29) is 11.9 Å². The standard InChI is InChI=1S/C17H30N4O3S/c1-13-16(14(2)20(3)19-13)8-9-17(22)18-11-10-15-7-5-6-12-21(15)25(4,23)24/h15H,5-12H2,1-4H3,(H,18,22)/t15-/m1/s1. The fraction of sp³-hybridized carbons (Fsp3) is 0.765. The van der Waals surface area contributed by atoms with Crippen molar-refractivity contribution in [1.29, 1.82) is 0 Å². The van der Waals surface area contributed by atoms with Gasteiger partial charge in [-0.3, -0.25) is 9.48 Å². The lowest BCUT2D eigenvalue weighted by Gasteiger charge is -2.33. The minimum atomic E-state index is -3.17. The molecular weight excluding hydrogens is 340 g/mol. The fourth-order valence-electron chi connectivity index (χ4n) is 3.58. The molecule has 25 heavy (non-hydrogen) atoms. The van der Waals surface area contributed by atoms with E-state index in [4.69, 9.17) is 0 Å². The topological polar surface area (TPSA) is 84.3 Å². The number of rotatable bonds is 7. The lowest BCUT2D eigenvalue weighted by atomic mass is 10.0. The van der Waals surface area contributed by atoms with E-state index in [2.05, 4.69) is 10.4 Å². The van der Waals surface area contributed by atoms with Crippen LogP contribution in [0.15, 0.2) is 0 Å². The molecule has 0 aromatic carbocycles. The van der Waals surface area contributed by atoms with Gasteiger partial charge >= 0.3 is 0 Å². The number of sulfonamides is 1. The van der Waals surface area contributed by atoms with E-state index in [1.165, 1.54) is 6.26 Å². The maximum atomic E-state index is 12.1. The molecule has 142 valence electrons. The van der Waals surface area contributed by atoms with Crippen LogP contribution < -0.4 is 5.32 Å². The Kier molecular flexibility index (Phi) is 6.62. The molecule has 2 rings (SSSR count). The Morgan fingerprint density at radius 1 is 1.32 bits per heavy atom. The average molecular weight is 371 g/mol. The van der Waals surface area contributed by atoms with Crippen LogP contribution in [0.1, 0.15) is 49.1 Å². The average Bonchev–Trinajstić information content (AvgIpc) is 2.77. The summed E-state index contributed by atoms with van der Waals surface area (Å²) in [6.07, 6.45) is 5.87. The molecule has 0 spiro atoms. The van der Waals surface area contributed by atoms with E-state index in [1.807, 2.05) is 25.6 Å². The Hall–Kier alpha value is -1.41. The van der Waals surface area contributed by atoms with Gasteiger partial charge in [-0.05, 0) is 45.1 Å². The molecule has 2 heterocycles. The number of nitrogens with one attached hydrogen (secondary N) is 1. The molecular formula is C17H30N4O3S. The van der Waals surface area contributed by atoms with Crippen LogP contribution in [0.2, 0.25) is 0 Å². The highest BCUT2D eigenvalue weighted by molar-refractivity contribution is 7.88. The van der Waals surface area contributed by atoms with Crippen molar-refractivity contribution >= 4 is 15.9 Å². The van der Waals surface area contributed by atoms with Gasteiger partial charge in [-0.25, -0.2) is 8.42 Å². The van der Waals surface area contributed by atoms with Gasteiger partial charge in [0.2, 0.25) is 15.9 Å². The third-order valence-electron chi connectivity index (χ3n) is 5.06. The van der Waals surface area contributed by atoms with Crippen molar-refractivity contribution in [2.75, 3.05) is 19.3 Å². The molecule has 1 fully saturated rings. The summed E-state index contributed by atoms with van der Waals surface area (Å²) in [6, 6.07) is 0.00635. The number of aryl methyl sites for hydroxylation is 2. The third kappa shape index (κ3) is 5.28. The highest BCUT2D eigenvalue weighted by atomic mass is 32.2. The van der Waals surface area contributed by atoms with Crippen LogP contribution in [-0.2, 0) is 28.3 Å². The van der Waals surface area contributed by atoms with Crippen molar-refractivity contribution in [3.63, 3.8) is 0 Å². The van der Waals surface area contributed by atoms with Gasteiger partial charge in [-0.15, -0.1) is 0 Å². The summed E-state index contributed by atoms with van der Waals surface area (Å²) in [5.74, 6) is 0.00404. The van der Waals surface area contributed by atoms with Crippen molar-refractivity contribution < 1.29 is 13.2 Å². The van der Waals surface area contributed by atoms with Crippen LogP contribution in [0, 0.1) is 13.8 Å². The Bertz CT molecular complexity index is 712. The van der Waals surface area contributed by atoms with Crippen LogP contribution in [0.5, 0.6) is 0 Å². The zero-order chi connectivity index (χ0) is 18.6. The highest BCUT2D eigenvalue weighted by Crippen LogP contribution is 2.22. The summed E-state index contributed by atoms with van der Waals surface area (Å²) in [4.78, 5) is 12.1. The largest absolute Gasteiger partial charge is 0.356 e. The summed E-state index contributed by atoms with van der Waals surface area (Å²) in [5.41, 5.74) is 3.20. The molecule has 1 atom stereocenters. The second-order valence-corrected chi connectivity index (χ2v) is 8.87. The molecule has 0 bridgehead atoms. The predicted octanol–water partition coefficient (Wildman–Crippen LogP) is 1.29. The zero-order valence-corrected chi connectivity index (χ0v) is 16.5. The molecule has 1 aliphatic heterocycles. The minimum Gasteiger partial charge on any atom is -0.356 e. The fourth-order valence-corrected chi connectivity index (χ4v) is 4.80. The van der Waals surface area contributed by atoms with Crippen LogP contribution in [-0.4, -0.2) is 53.8 Å². The Morgan fingerprint density at radius 3 is 2.64 bits per heavy atom. The second kappa shape index (κ2) is 8.31. The minimum absolute atomic E-state index is 0.00404. The van der Waals surface area contributed by atoms with Gasteiger partial charge < -0.3 is 5.32 Å². The second-order valence-electron chi connectivity index (χ2n) is 6.93. The highest BCUT2D eigenvalue weighted by Gasteiger charge is 2.28. The van der Waals surface area contributed by atoms with Crippen molar-refractivity contribution in [3.05, 3.63) is 17.0 Å². The Morgan fingerprint density at radius 2 is 2.04 bits per heavy atom. The van der Waals surface area contributed by atoms with Crippen LogP contribution in [0.3, 0.4) is 0 Å². The predicted molar refractivity (Wildman–Crippen MR) is 97.8 cm³/mol. The van der Waals surface area contributed by atoms with Gasteiger partial charge in [0.05, 0.1) is 11.9 Å². The number of nitrogens with zero attached hydrogens (tertiary/aromatic N) is 3. The quantitative estimate of drug-likeness (QED) is 0.784. The maximum absolute atomic E-state index is 12.1. The van der Waals surface area contributed by atoms with Crippen molar-refractivity contribution in [2.24, 2.45) is 7.05 Å². The number of amides is 1. The van der Waals surface area contributed by atoms with Crippen molar-refractivity contribution in [2.45, 2.75) is 58.4 Å². The molecule has 1 N–H and O–H groups in total. The summed E-state index contributed by atoms with van der Waals surface area (Å²) in [7, 11) is -1.26. The molecule has 0 aliphatic carbocycles. The number of hydrogen-bond acceptors (Lipinski definition) is 4. The first kappa shape index (κ1) is 19.9. The SMILES string of the molecule is Cc1nn(C)c(C)c1CCC(=O)NCC[C@H]1CCCCN1S(C)(=O)=O. The van der Waals surface area contributed by atoms with E-state index in [0.29, 0.717) is 32.4 Å². The monoisotopic (exact) mass is 370 g/mol. The van der Waals surface area contributed by atoms with Crippen LogP contribution in [0.4, 0.5) is 0 Å². The van der Waals surface area contributed by atoms with Gasteiger partial charge in [0.15, 0.2) is 0 Å². The van der Waals surface area contributed by atoms with Gasteiger partial charge in [-0.2, -0.15) is 9.40 Å². The summed E-state index contributed by atoms with van der Waals surface area (Å²) < 4.78 is 27.1. The molecule has 1 aromatic heterocycles. The van der Waals surface area contributed by atoms with E-state index in [9.17, 15) is 13.2 Å². The van der Waals surface area contributed by atoms with Crippen LogP contribution in [0.25, 0.3) is 0 Å². The van der Waals surface area contributed by atoms with Gasteiger partial charge in [-0.1, -0.05) is 6.42 Å². The first-order chi connectivity index (χ1) is 11.7. The number of hydrogen-bond donors (Lipinski definition) is 1. The zero-order valence-electron chi connectivity index (χ0n) is 15.7. The van der Waals surface area contributed by atoms with Crippen molar-refractivity contribution in [1.82, 2.24) is 19.4 Å². The lowest BCUT2D eigenvalue weighted by Crippen LogP contribution is -2.44. The van der Waals surface area contributed by atoms with E-state index in [1.54, 1.807) is 4.31 Å². The molecule has 1 aromatic rings. The number of carbonyl (C=O) groups is 1. The van der Waals surface area contributed by atoms with Gasteiger partial charge in [0.25, 0.3) is 0 Å². The van der Waals surface area contributed by atoms with Gasteiger partial charge in [0, 0.05) is 38.3 Å². The van der Waals surface area contributed by atoms with Gasteiger partial charge in [0.1, 0.15) is 0 Å². The Labute approximate surface area is 150 Å². The van der Waals surface area contributed by atoms with Crippen molar-refractivity contribution in [3.8, 4) is 0 Å². The molecule has 0 unspecified atom stereocenters. The summed E-state index contributed by atoms with van der Waals surface area (Å²) in [6.45, 7) is 5.08. The molecule has 0 radical (unpaired) electrons. The normalized spacial score (nSPS) is 19.1. The summed E-state index contributed by atoms with van der Waals surface area (Å²) >= 11 is 0. The molecule has 1 amide bonds. The molecule has 7 nitrogen and oxygen atoms in total. The van der Waals surface area contributed by atoms with E-state index >= 15 is 0 Å². The Balaban J connectivity index is 1.78. The first-order valence-corrected chi connectivity index (χ1v) is 10.8. The maximum Gasteiger partial charge on any atom is 0.220 e. The van der Waals surface area contributed by atoms with E-state index in [0.717, 1.165) is 36.2 Å². The number of piperidine rings is 1. The molecule has 1 aliphatic rings. The third-order valence-corrected chi connectivity index (χ3v) is 6.39. The summed E-state index contributed by atoms with van der Waals surface area (Å²) in [5, 5.41) is 7.30. The first-order valence-electron chi connectivity index (χ1n) is 8.92. The number of aromatic nitrogens is 2. The lowest BCUT2D eigenvalue weighted by molar-refractivity contribution is -0.121. The smallest absolute Gasteiger partial charge is 0.220 e. The molecule has 0 saturated carbocycles. The van der Waals surface area contributed by atoms with E-state index < -0.39 is 10.0 Å². The molecule has 8 heteroatoms. The number of carbonyl (C=O) groups excluding carboxylic acids is 1. The van der Waals surface area contributed by atoms with Crippen LogP contribution >= 0.6 is 0 Å². The molecule has 1 saturated heterocycles.